The van der Waals surface area contributed by atoms with E-state index in [0.29, 0.717) is 44.1 Å². The molecular weight excluding hydrogens is 528 g/mol. The third-order valence-electron chi connectivity index (χ3n) is 6.38. The summed E-state index contributed by atoms with van der Waals surface area (Å²) in [7, 11) is 1.51. The van der Waals surface area contributed by atoms with Crippen LogP contribution in [0.2, 0.25) is 5.02 Å². The number of benzene rings is 4. The number of nitrogens with zero attached hydrogens (tertiary/aromatic N) is 1. The van der Waals surface area contributed by atoms with Gasteiger partial charge in [0.15, 0.2) is 6.10 Å². The maximum atomic E-state index is 13.5. The Morgan fingerprint density at radius 2 is 1.40 bits per heavy atom. The average molecular weight is 553 g/mol. The number of fused-ring (bicyclic) bond motifs is 1. The average Bonchev–Trinajstić information content (AvgIpc) is 2.97. The second kappa shape index (κ2) is 11.5. The molecule has 0 fully saturated rings. The van der Waals surface area contributed by atoms with Crippen molar-refractivity contribution < 1.29 is 19.1 Å². The highest BCUT2D eigenvalue weighted by molar-refractivity contribution is 6.30. The van der Waals surface area contributed by atoms with Gasteiger partial charge in [-0.05, 0) is 72.5 Å². The Labute approximate surface area is 235 Å². The molecule has 4 aromatic carbocycles. The van der Waals surface area contributed by atoms with E-state index in [-0.39, 0.29) is 11.3 Å². The molecule has 0 saturated heterocycles. The molecule has 1 N–H and O–H groups in total. The number of nitrogens with one attached hydrogen (secondary N) is 1. The lowest BCUT2D eigenvalue weighted by atomic mass is 9.96. The predicted octanol–water partition coefficient (Wildman–Crippen LogP) is 6.84. The van der Waals surface area contributed by atoms with E-state index in [1.165, 1.54) is 18.5 Å². The maximum absolute atomic E-state index is 13.5. The molecule has 1 heterocycles. The number of para-hydroxylation sites is 1. The number of amides is 1. The molecular formula is C32H25ClN2O5. The van der Waals surface area contributed by atoms with Gasteiger partial charge in [-0.25, -0.2) is 4.79 Å². The number of rotatable bonds is 7. The molecule has 7 nitrogen and oxygen atoms in total. The van der Waals surface area contributed by atoms with Gasteiger partial charge in [-0.3, -0.25) is 9.59 Å². The predicted molar refractivity (Wildman–Crippen MR) is 156 cm³/mol. The summed E-state index contributed by atoms with van der Waals surface area (Å²) in [4.78, 5) is 39.6. The Bertz CT molecular complexity index is 1750. The van der Waals surface area contributed by atoms with Crippen LogP contribution in [-0.2, 0) is 16.6 Å². The van der Waals surface area contributed by atoms with Crippen molar-refractivity contribution in [3.63, 3.8) is 0 Å². The molecule has 0 bridgehead atoms. The van der Waals surface area contributed by atoms with Gasteiger partial charge < -0.3 is 19.4 Å². The van der Waals surface area contributed by atoms with Gasteiger partial charge in [0.1, 0.15) is 17.2 Å². The minimum absolute atomic E-state index is 0.0353. The number of ether oxygens (including phenoxy) is 2. The number of carbonyl (C=O) groups excluding carboxylic acids is 2. The van der Waals surface area contributed by atoms with Gasteiger partial charge in [-0.1, -0.05) is 60.1 Å². The summed E-state index contributed by atoms with van der Waals surface area (Å²) in [5.41, 5.74) is 1.38. The summed E-state index contributed by atoms with van der Waals surface area (Å²) in [5, 5.41) is 4.32. The van der Waals surface area contributed by atoms with Crippen LogP contribution in [0.3, 0.4) is 0 Å². The van der Waals surface area contributed by atoms with E-state index in [2.05, 4.69) is 5.32 Å². The number of halogens is 1. The third-order valence-corrected chi connectivity index (χ3v) is 6.64. The van der Waals surface area contributed by atoms with Crippen molar-refractivity contribution in [3.05, 3.63) is 124 Å². The van der Waals surface area contributed by atoms with E-state index in [9.17, 15) is 14.4 Å². The second-order valence-corrected chi connectivity index (χ2v) is 9.55. The maximum Gasteiger partial charge on any atom is 0.356 e. The third kappa shape index (κ3) is 5.60. The number of esters is 1. The molecule has 0 aliphatic heterocycles. The zero-order valence-electron chi connectivity index (χ0n) is 21.8. The zero-order chi connectivity index (χ0) is 28.2. The molecule has 0 aliphatic carbocycles. The Balaban J connectivity index is 1.37. The van der Waals surface area contributed by atoms with Crippen LogP contribution in [-0.4, -0.2) is 22.5 Å². The lowest BCUT2D eigenvalue weighted by Gasteiger charge is -2.19. The second-order valence-electron chi connectivity index (χ2n) is 9.12. The fourth-order valence-corrected chi connectivity index (χ4v) is 4.48. The highest BCUT2D eigenvalue weighted by Gasteiger charge is 2.26. The molecule has 1 amide bonds. The number of carbonyl (C=O) groups is 2. The summed E-state index contributed by atoms with van der Waals surface area (Å²) in [6.45, 7) is 1.47. The molecule has 0 aliphatic rings. The Kier molecular flexibility index (Phi) is 7.66. The van der Waals surface area contributed by atoms with Crippen molar-refractivity contribution in [2.24, 2.45) is 7.05 Å². The fourth-order valence-electron chi connectivity index (χ4n) is 4.36. The van der Waals surface area contributed by atoms with Crippen LogP contribution in [0.15, 0.2) is 108 Å². The summed E-state index contributed by atoms with van der Waals surface area (Å²) in [6.07, 6.45) is -1.15. The number of anilines is 1. The van der Waals surface area contributed by atoms with Gasteiger partial charge in [-0.15, -0.1) is 0 Å². The van der Waals surface area contributed by atoms with E-state index in [1.54, 1.807) is 72.8 Å². The lowest BCUT2D eigenvalue weighted by Crippen LogP contribution is -2.32. The van der Waals surface area contributed by atoms with E-state index in [1.807, 2.05) is 30.3 Å². The quantitative estimate of drug-likeness (QED) is 0.223. The van der Waals surface area contributed by atoms with Crippen molar-refractivity contribution in [3.8, 4) is 22.6 Å². The standard InChI is InChI=1S/C32H25ClN2O5/c1-20(30(36)34-23-16-18-25(19-17-23)40-24-8-4-3-5-9-24)39-32(38)29-28(21-12-14-22(33)15-13-21)26-10-6-7-11-27(26)31(37)35(29)2/h3-20H,1-2H3,(H,34,36). The van der Waals surface area contributed by atoms with Crippen LogP contribution in [0.25, 0.3) is 21.9 Å². The molecule has 0 saturated carbocycles. The van der Waals surface area contributed by atoms with E-state index in [4.69, 9.17) is 21.1 Å². The van der Waals surface area contributed by atoms with Gasteiger partial charge in [0.2, 0.25) is 0 Å². The van der Waals surface area contributed by atoms with Gasteiger partial charge in [0, 0.05) is 28.7 Å². The van der Waals surface area contributed by atoms with Crippen molar-refractivity contribution in [1.29, 1.82) is 0 Å². The molecule has 40 heavy (non-hydrogen) atoms. The highest BCUT2D eigenvalue weighted by atomic mass is 35.5. The molecule has 200 valence electrons. The number of pyridine rings is 1. The summed E-state index contributed by atoms with van der Waals surface area (Å²) < 4.78 is 12.6. The summed E-state index contributed by atoms with van der Waals surface area (Å²) in [5.74, 6) is -0.0232. The topological polar surface area (TPSA) is 86.6 Å². The van der Waals surface area contributed by atoms with Crippen molar-refractivity contribution in [2.75, 3.05) is 5.32 Å². The van der Waals surface area contributed by atoms with Gasteiger partial charge >= 0.3 is 5.97 Å². The van der Waals surface area contributed by atoms with Crippen molar-refractivity contribution in [1.82, 2.24) is 4.57 Å². The van der Waals surface area contributed by atoms with Gasteiger partial charge in [-0.2, -0.15) is 0 Å². The van der Waals surface area contributed by atoms with Crippen LogP contribution in [0.5, 0.6) is 11.5 Å². The smallest absolute Gasteiger partial charge is 0.356 e. The Hall–Kier alpha value is -4.88. The van der Waals surface area contributed by atoms with Crippen molar-refractivity contribution >= 4 is 39.9 Å². The highest BCUT2D eigenvalue weighted by Crippen LogP contribution is 2.32. The van der Waals surface area contributed by atoms with Crippen molar-refractivity contribution in [2.45, 2.75) is 13.0 Å². The lowest BCUT2D eigenvalue weighted by molar-refractivity contribution is -0.123. The first-order chi connectivity index (χ1) is 19.3. The van der Waals surface area contributed by atoms with Crippen LogP contribution in [0.1, 0.15) is 17.4 Å². The SMILES string of the molecule is CC(OC(=O)c1c(-c2ccc(Cl)cc2)c2ccccc2c(=O)n1C)C(=O)Nc1ccc(Oc2ccccc2)cc1. The molecule has 8 heteroatoms. The number of hydrogen-bond donors (Lipinski definition) is 1. The zero-order valence-corrected chi connectivity index (χ0v) is 22.5. The molecule has 0 spiro atoms. The molecule has 1 aromatic heterocycles. The van der Waals surface area contributed by atoms with Gasteiger partial charge in [0.25, 0.3) is 11.5 Å². The normalized spacial score (nSPS) is 11.6. The molecule has 1 atom stereocenters. The van der Waals surface area contributed by atoms with Crippen LogP contribution in [0.4, 0.5) is 5.69 Å². The Morgan fingerprint density at radius 1 is 0.800 bits per heavy atom. The van der Waals surface area contributed by atoms with Crippen LogP contribution >= 0.6 is 11.6 Å². The first kappa shape index (κ1) is 26.7. The van der Waals surface area contributed by atoms with Crippen LogP contribution < -0.4 is 15.6 Å². The summed E-state index contributed by atoms with van der Waals surface area (Å²) in [6, 6.07) is 30.2. The molecule has 1 unspecified atom stereocenters. The minimum atomic E-state index is -1.15. The monoisotopic (exact) mass is 552 g/mol. The Morgan fingerprint density at radius 3 is 2.08 bits per heavy atom. The summed E-state index contributed by atoms with van der Waals surface area (Å²) >= 11 is 6.09. The number of hydrogen-bond acceptors (Lipinski definition) is 5. The van der Waals surface area contributed by atoms with E-state index < -0.39 is 18.0 Å². The largest absolute Gasteiger partial charge is 0.457 e. The van der Waals surface area contributed by atoms with Crippen LogP contribution in [0, 0.1) is 0 Å². The fraction of sp³-hybridized carbons (Fsp3) is 0.0938. The van der Waals surface area contributed by atoms with Gasteiger partial charge in [0.05, 0.1) is 0 Å². The molecule has 5 aromatic rings. The van der Waals surface area contributed by atoms with E-state index >= 15 is 0 Å². The first-order valence-corrected chi connectivity index (χ1v) is 12.9. The minimum Gasteiger partial charge on any atom is -0.457 e. The molecule has 5 rings (SSSR count). The first-order valence-electron chi connectivity index (χ1n) is 12.5. The van der Waals surface area contributed by atoms with E-state index in [0.717, 1.165) is 0 Å². The molecule has 0 radical (unpaired) electrons. The number of aromatic nitrogens is 1.